The van der Waals surface area contributed by atoms with Gasteiger partial charge >= 0.3 is 0 Å². The number of fused-ring (bicyclic) bond motifs is 1. The van der Waals surface area contributed by atoms with E-state index in [0.717, 1.165) is 5.56 Å². The van der Waals surface area contributed by atoms with Crippen molar-refractivity contribution in [1.82, 2.24) is 4.90 Å². The molecule has 7 heteroatoms. The lowest BCUT2D eigenvalue weighted by Gasteiger charge is -2.22. The maximum Gasteiger partial charge on any atom is 0.269 e. The molecule has 1 aliphatic rings. The zero-order valence-corrected chi connectivity index (χ0v) is 15.4. The van der Waals surface area contributed by atoms with Crippen LogP contribution in [0.5, 0.6) is 11.5 Å². The van der Waals surface area contributed by atoms with Crippen molar-refractivity contribution in [3.63, 3.8) is 0 Å². The maximum atomic E-state index is 12.9. The number of nitrogens with zero attached hydrogens (tertiary/aromatic N) is 2. The molecule has 1 unspecified atom stereocenters. The van der Waals surface area contributed by atoms with E-state index in [2.05, 4.69) is 0 Å². The Kier molecular flexibility index (Phi) is 4.56. The first-order valence-electron chi connectivity index (χ1n) is 8.95. The highest BCUT2D eigenvalue weighted by Crippen LogP contribution is 2.34. The minimum absolute atomic E-state index is 0.0439. The van der Waals surface area contributed by atoms with Gasteiger partial charge in [-0.25, -0.2) is 0 Å². The van der Waals surface area contributed by atoms with E-state index in [9.17, 15) is 19.7 Å². The van der Waals surface area contributed by atoms with Crippen LogP contribution >= 0.6 is 0 Å². The molecule has 1 heterocycles. The number of amides is 2. The number of nitro benzene ring substituents is 1. The fraction of sp³-hybridized carbons (Fsp3) is 0.0909. The summed E-state index contributed by atoms with van der Waals surface area (Å²) >= 11 is 0. The van der Waals surface area contributed by atoms with Crippen molar-refractivity contribution in [2.75, 3.05) is 0 Å². The summed E-state index contributed by atoms with van der Waals surface area (Å²) in [6, 6.07) is 19.2. The van der Waals surface area contributed by atoms with Crippen LogP contribution in [0.2, 0.25) is 0 Å². The summed E-state index contributed by atoms with van der Waals surface area (Å²) in [7, 11) is 0. The van der Waals surface area contributed by atoms with E-state index < -0.39 is 11.0 Å². The fourth-order valence-corrected chi connectivity index (χ4v) is 3.31. The monoisotopic (exact) mass is 388 g/mol. The lowest BCUT2D eigenvalue weighted by atomic mass is 10.1. The molecule has 0 fully saturated rings. The van der Waals surface area contributed by atoms with Crippen LogP contribution in [0.25, 0.3) is 0 Å². The predicted octanol–water partition coefficient (Wildman–Crippen LogP) is 4.74. The van der Waals surface area contributed by atoms with Crippen molar-refractivity contribution >= 4 is 17.5 Å². The molecule has 0 aliphatic carbocycles. The molecule has 0 spiro atoms. The normalized spacial score (nSPS) is 13.9. The number of hydrogen-bond acceptors (Lipinski definition) is 5. The molecule has 0 aromatic heterocycles. The Bertz CT molecular complexity index is 1110. The van der Waals surface area contributed by atoms with Gasteiger partial charge in [0.25, 0.3) is 17.5 Å². The first-order valence-corrected chi connectivity index (χ1v) is 8.95. The third-order valence-electron chi connectivity index (χ3n) is 4.84. The average Bonchev–Trinajstić information content (AvgIpc) is 2.98. The Morgan fingerprint density at radius 3 is 2.14 bits per heavy atom. The van der Waals surface area contributed by atoms with Crippen molar-refractivity contribution in [1.29, 1.82) is 0 Å². The molecule has 3 aromatic carbocycles. The summed E-state index contributed by atoms with van der Waals surface area (Å²) in [5.74, 6) is 0.0357. The summed E-state index contributed by atoms with van der Waals surface area (Å²) < 4.78 is 5.70. The highest BCUT2D eigenvalue weighted by Gasteiger charge is 2.39. The van der Waals surface area contributed by atoms with E-state index in [1.165, 1.54) is 35.2 Å². The van der Waals surface area contributed by atoms with E-state index >= 15 is 0 Å². The zero-order chi connectivity index (χ0) is 20.5. The van der Waals surface area contributed by atoms with Crippen LogP contribution in [0.1, 0.15) is 39.2 Å². The Morgan fingerprint density at radius 2 is 1.48 bits per heavy atom. The quantitative estimate of drug-likeness (QED) is 0.358. The van der Waals surface area contributed by atoms with Gasteiger partial charge in [-0.15, -0.1) is 0 Å². The van der Waals surface area contributed by atoms with Crippen LogP contribution in [-0.2, 0) is 0 Å². The Hall–Kier alpha value is -4.00. The van der Waals surface area contributed by atoms with Gasteiger partial charge in [-0.2, -0.15) is 0 Å². The van der Waals surface area contributed by atoms with Gasteiger partial charge < -0.3 is 4.74 Å². The molecule has 7 nitrogen and oxygen atoms in total. The number of hydrogen-bond donors (Lipinski definition) is 0. The lowest BCUT2D eigenvalue weighted by Crippen LogP contribution is -2.32. The molecule has 1 atom stereocenters. The molecule has 1 aliphatic heterocycles. The summed E-state index contributed by atoms with van der Waals surface area (Å²) in [6.45, 7) is 1.81. The zero-order valence-electron chi connectivity index (χ0n) is 15.4. The minimum atomic E-state index is -0.494. The number of carbonyl (C=O) groups is 2. The predicted molar refractivity (Wildman–Crippen MR) is 105 cm³/mol. The van der Waals surface area contributed by atoms with Crippen LogP contribution in [0.15, 0.2) is 72.8 Å². The van der Waals surface area contributed by atoms with Gasteiger partial charge in [0.15, 0.2) is 0 Å². The topological polar surface area (TPSA) is 89.8 Å². The largest absolute Gasteiger partial charge is 0.457 e. The van der Waals surface area contributed by atoms with Gasteiger partial charge in [0.1, 0.15) is 11.5 Å². The number of nitro groups is 1. The molecule has 3 aromatic rings. The standard InChI is InChI=1S/C22H16N2O5/c1-14(15-5-3-2-4-6-15)23-21(25)19-12-11-18(13-20(19)22(23)26)29-17-9-7-16(8-10-17)24(27)28/h2-14H,1H3. The van der Waals surface area contributed by atoms with Crippen molar-refractivity contribution in [3.05, 3.63) is 99.6 Å². The molecule has 0 saturated carbocycles. The second kappa shape index (κ2) is 7.20. The van der Waals surface area contributed by atoms with Crippen molar-refractivity contribution < 1.29 is 19.2 Å². The van der Waals surface area contributed by atoms with Crippen molar-refractivity contribution in [2.24, 2.45) is 0 Å². The minimum Gasteiger partial charge on any atom is -0.457 e. The second-order valence-electron chi connectivity index (χ2n) is 6.63. The van der Waals surface area contributed by atoms with E-state index in [1.54, 1.807) is 12.1 Å². The second-order valence-corrected chi connectivity index (χ2v) is 6.63. The van der Waals surface area contributed by atoms with Gasteiger partial charge in [0.05, 0.1) is 22.1 Å². The van der Waals surface area contributed by atoms with E-state index in [-0.39, 0.29) is 23.1 Å². The van der Waals surface area contributed by atoms with Crippen molar-refractivity contribution in [2.45, 2.75) is 13.0 Å². The molecular weight excluding hydrogens is 372 g/mol. The smallest absolute Gasteiger partial charge is 0.269 e. The molecule has 0 N–H and O–H groups in total. The molecule has 0 saturated heterocycles. The Balaban J connectivity index is 1.59. The molecule has 2 amide bonds. The first-order chi connectivity index (χ1) is 14.0. The lowest BCUT2D eigenvalue weighted by molar-refractivity contribution is -0.384. The van der Waals surface area contributed by atoms with Gasteiger partial charge in [0.2, 0.25) is 0 Å². The molecule has 0 bridgehead atoms. The highest BCUT2D eigenvalue weighted by atomic mass is 16.6. The molecule has 144 valence electrons. The van der Waals surface area contributed by atoms with Crippen LogP contribution in [0.3, 0.4) is 0 Å². The Labute approximate surface area is 166 Å². The summed E-state index contributed by atoms with van der Waals surface area (Å²) in [4.78, 5) is 37.2. The molecular formula is C22H16N2O5. The van der Waals surface area contributed by atoms with E-state index in [0.29, 0.717) is 17.1 Å². The number of imide groups is 1. The summed E-state index contributed by atoms with van der Waals surface area (Å²) in [5, 5.41) is 10.7. The number of benzene rings is 3. The van der Waals surface area contributed by atoms with Gasteiger partial charge in [-0.05, 0) is 42.8 Å². The first kappa shape index (κ1) is 18.4. The summed E-state index contributed by atoms with van der Waals surface area (Å²) in [6.07, 6.45) is 0. The Morgan fingerprint density at radius 1 is 0.862 bits per heavy atom. The number of ether oxygens (including phenoxy) is 1. The van der Waals surface area contributed by atoms with E-state index in [4.69, 9.17) is 4.74 Å². The molecule has 4 rings (SSSR count). The average molecular weight is 388 g/mol. The highest BCUT2D eigenvalue weighted by molar-refractivity contribution is 6.21. The SMILES string of the molecule is CC(c1ccccc1)N1C(=O)c2ccc(Oc3ccc([N+](=O)[O-])cc3)cc2C1=O. The third-order valence-corrected chi connectivity index (χ3v) is 4.84. The van der Waals surface area contributed by atoms with Crippen molar-refractivity contribution in [3.8, 4) is 11.5 Å². The van der Waals surface area contributed by atoms with Gasteiger partial charge in [-0.3, -0.25) is 24.6 Å². The number of non-ortho nitro benzene ring substituents is 1. The molecule has 0 radical (unpaired) electrons. The summed E-state index contributed by atoms with van der Waals surface area (Å²) in [5.41, 5.74) is 1.42. The van der Waals surface area contributed by atoms with Crippen LogP contribution in [0.4, 0.5) is 5.69 Å². The number of rotatable bonds is 5. The van der Waals surface area contributed by atoms with Crippen LogP contribution in [-0.4, -0.2) is 21.6 Å². The maximum absolute atomic E-state index is 12.9. The van der Waals surface area contributed by atoms with Gasteiger partial charge in [-0.1, -0.05) is 30.3 Å². The third kappa shape index (κ3) is 3.34. The number of carbonyl (C=O) groups excluding carboxylic acids is 2. The van der Waals surface area contributed by atoms with Gasteiger partial charge in [0, 0.05) is 12.1 Å². The van der Waals surface area contributed by atoms with Crippen LogP contribution in [0, 0.1) is 10.1 Å². The van der Waals surface area contributed by atoms with Crippen LogP contribution < -0.4 is 4.74 Å². The molecule has 29 heavy (non-hydrogen) atoms. The fourth-order valence-electron chi connectivity index (χ4n) is 3.31. The van der Waals surface area contributed by atoms with E-state index in [1.807, 2.05) is 37.3 Å².